The maximum Gasteiger partial charge on any atom is 0.179 e. The monoisotopic (exact) mass is 251 g/mol. The number of nitrogens with zero attached hydrogens (tertiary/aromatic N) is 3. The lowest BCUT2D eigenvalue weighted by Crippen LogP contribution is -1.99. The molecule has 88 valence electrons. The molecular weight excluding hydrogens is 241 g/mol. The number of hydrogen-bond acceptors (Lipinski definition) is 3. The second kappa shape index (κ2) is 4.75. The molecule has 0 aromatic carbocycles. The van der Waals surface area contributed by atoms with Crippen molar-refractivity contribution in [1.82, 2.24) is 15.0 Å². The van der Waals surface area contributed by atoms with Gasteiger partial charge >= 0.3 is 0 Å². The van der Waals surface area contributed by atoms with E-state index in [2.05, 4.69) is 15.0 Å². The van der Waals surface area contributed by atoms with Crippen LogP contribution in [-0.2, 0) is 0 Å². The first-order valence-electron chi connectivity index (χ1n) is 5.22. The van der Waals surface area contributed by atoms with Gasteiger partial charge in [-0.2, -0.15) is 0 Å². The van der Waals surface area contributed by atoms with Crippen LogP contribution in [0.2, 0.25) is 5.15 Å². The van der Waals surface area contributed by atoms with Crippen LogP contribution in [0, 0.1) is 5.82 Å². The van der Waals surface area contributed by atoms with Gasteiger partial charge in [0.2, 0.25) is 0 Å². The number of pyridine rings is 1. The predicted octanol–water partition coefficient (Wildman–Crippen LogP) is 3.45. The Morgan fingerprint density at radius 3 is 2.59 bits per heavy atom. The van der Waals surface area contributed by atoms with E-state index >= 15 is 0 Å². The highest BCUT2D eigenvalue weighted by atomic mass is 35.5. The average molecular weight is 252 g/mol. The van der Waals surface area contributed by atoms with E-state index in [-0.39, 0.29) is 11.7 Å². The second-order valence-electron chi connectivity index (χ2n) is 3.96. The molecule has 0 aliphatic heterocycles. The molecule has 0 unspecified atom stereocenters. The van der Waals surface area contributed by atoms with E-state index < -0.39 is 0 Å². The molecular formula is C12H11ClFN3. The van der Waals surface area contributed by atoms with Gasteiger partial charge in [0, 0.05) is 5.69 Å². The Morgan fingerprint density at radius 1 is 1.24 bits per heavy atom. The summed E-state index contributed by atoms with van der Waals surface area (Å²) in [5.41, 5.74) is 1.35. The molecule has 0 fully saturated rings. The van der Waals surface area contributed by atoms with Crippen molar-refractivity contribution >= 4 is 11.6 Å². The van der Waals surface area contributed by atoms with Gasteiger partial charge in [-0.15, -0.1) is 0 Å². The quantitative estimate of drug-likeness (QED) is 0.768. The fraction of sp³-hybridized carbons (Fsp3) is 0.250. The molecule has 2 rings (SSSR count). The first-order chi connectivity index (χ1) is 8.06. The maximum atomic E-state index is 12.8. The summed E-state index contributed by atoms with van der Waals surface area (Å²) in [6.07, 6.45) is 1.13. The highest BCUT2D eigenvalue weighted by Crippen LogP contribution is 2.20. The Hall–Kier alpha value is -1.55. The summed E-state index contributed by atoms with van der Waals surface area (Å²) in [5, 5.41) is 0.366. The molecule has 17 heavy (non-hydrogen) atoms. The van der Waals surface area contributed by atoms with Gasteiger partial charge in [0.05, 0.1) is 6.20 Å². The van der Waals surface area contributed by atoms with Gasteiger partial charge in [-0.25, -0.2) is 19.3 Å². The fourth-order valence-electron chi connectivity index (χ4n) is 1.35. The molecule has 0 spiro atoms. The van der Waals surface area contributed by atoms with Crippen molar-refractivity contribution in [2.75, 3.05) is 0 Å². The number of hydrogen-bond donors (Lipinski definition) is 0. The summed E-state index contributed by atoms with van der Waals surface area (Å²) in [4.78, 5) is 12.4. The van der Waals surface area contributed by atoms with Gasteiger partial charge in [-0.05, 0) is 24.1 Å². The van der Waals surface area contributed by atoms with Crippen LogP contribution in [0.1, 0.15) is 25.5 Å². The molecule has 2 heterocycles. The highest BCUT2D eigenvalue weighted by Gasteiger charge is 2.09. The lowest BCUT2D eigenvalue weighted by atomic mass is 10.1. The number of aromatic nitrogens is 3. The van der Waals surface area contributed by atoms with Gasteiger partial charge < -0.3 is 0 Å². The van der Waals surface area contributed by atoms with Gasteiger partial charge in [-0.1, -0.05) is 25.4 Å². The van der Waals surface area contributed by atoms with E-state index in [1.54, 1.807) is 6.07 Å². The summed E-state index contributed by atoms with van der Waals surface area (Å²) < 4.78 is 12.8. The molecule has 2 aromatic rings. The van der Waals surface area contributed by atoms with Crippen molar-refractivity contribution in [2.24, 2.45) is 0 Å². The Labute approximate surface area is 104 Å². The Kier molecular flexibility index (Phi) is 3.33. The van der Waals surface area contributed by atoms with Crippen LogP contribution in [0.4, 0.5) is 4.39 Å². The lowest BCUT2D eigenvalue weighted by molar-refractivity contribution is 0.621. The van der Waals surface area contributed by atoms with E-state index in [0.29, 0.717) is 16.7 Å². The molecule has 0 saturated heterocycles. The van der Waals surface area contributed by atoms with Crippen molar-refractivity contribution in [1.29, 1.82) is 0 Å². The molecule has 5 heteroatoms. The third kappa shape index (κ3) is 2.77. The maximum absolute atomic E-state index is 12.8. The van der Waals surface area contributed by atoms with Crippen molar-refractivity contribution in [3.8, 4) is 11.5 Å². The van der Waals surface area contributed by atoms with Crippen LogP contribution in [0.3, 0.4) is 0 Å². The van der Waals surface area contributed by atoms with E-state index in [4.69, 9.17) is 11.6 Å². The largest absolute Gasteiger partial charge is 0.250 e. The molecule has 0 saturated carbocycles. The van der Waals surface area contributed by atoms with Crippen LogP contribution in [0.5, 0.6) is 0 Å². The summed E-state index contributed by atoms with van der Waals surface area (Å²) in [7, 11) is 0. The zero-order valence-corrected chi connectivity index (χ0v) is 10.2. The Bertz CT molecular complexity index is 526. The molecule has 2 aromatic heterocycles. The van der Waals surface area contributed by atoms with Gasteiger partial charge in [0.25, 0.3) is 0 Å². The minimum Gasteiger partial charge on any atom is -0.250 e. The molecule has 0 atom stereocenters. The van der Waals surface area contributed by atoms with Crippen molar-refractivity contribution < 1.29 is 4.39 Å². The Balaban J connectivity index is 2.48. The highest BCUT2D eigenvalue weighted by molar-refractivity contribution is 6.29. The smallest absolute Gasteiger partial charge is 0.179 e. The normalized spacial score (nSPS) is 10.9. The molecule has 3 nitrogen and oxygen atoms in total. The molecule has 0 N–H and O–H groups in total. The van der Waals surface area contributed by atoms with Crippen LogP contribution >= 0.6 is 11.6 Å². The summed E-state index contributed by atoms with van der Waals surface area (Å²) in [5.74, 6) is 0.274. The van der Waals surface area contributed by atoms with E-state index in [1.165, 1.54) is 12.1 Å². The third-order valence-corrected chi connectivity index (χ3v) is 2.46. The van der Waals surface area contributed by atoms with Crippen molar-refractivity contribution in [3.05, 3.63) is 41.1 Å². The Morgan fingerprint density at radius 2 is 2.00 bits per heavy atom. The van der Waals surface area contributed by atoms with E-state index in [9.17, 15) is 4.39 Å². The third-order valence-electron chi connectivity index (χ3n) is 2.26. The average Bonchev–Trinajstić information content (AvgIpc) is 2.29. The summed E-state index contributed by atoms with van der Waals surface area (Å²) in [6, 6.07) is 4.58. The fourth-order valence-corrected chi connectivity index (χ4v) is 1.55. The standard InChI is InChI=1S/C12H11ClFN3/c1-7(2)10-5-11(13)17-12(16-10)9-4-3-8(14)6-15-9/h3-7H,1-2H3. The van der Waals surface area contributed by atoms with Crippen molar-refractivity contribution in [3.63, 3.8) is 0 Å². The SMILES string of the molecule is CC(C)c1cc(Cl)nc(-c2ccc(F)cn2)n1. The van der Waals surface area contributed by atoms with Crippen LogP contribution < -0.4 is 0 Å². The topological polar surface area (TPSA) is 38.7 Å². The first kappa shape index (κ1) is 11.9. The molecule has 0 amide bonds. The number of halogens is 2. The number of rotatable bonds is 2. The lowest BCUT2D eigenvalue weighted by Gasteiger charge is -2.07. The van der Waals surface area contributed by atoms with Gasteiger partial charge in [0.15, 0.2) is 5.82 Å². The molecule has 0 bridgehead atoms. The van der Waals surface area contributed by atoms with Crippen LogP contribution in [0.25, 0.3) is 11.5 Å². The van der Waals surface area contributed by atoms with Gasteiger partial charge in [-0.3, -0.25) is 0 Å². The van der Waals surface area contributed by atoms with Crippen LogP contribution in [-0.4, -0.2) is 15.0 Å². The van der Waals surface area contributed by atoms with E-state index in [0.717, 1.165) is 11.9 Å². The van der Waals surface area contributed by atoms with Crippen molar-refractivity contribution in [2.45, 2.75) is 19.8 Å². The zero-order chi connectivity index (χ0) is 12.4. The minimum atomic E-state index is -0.389. The molecule has 0 aliphatic rings. The van der Waals surface area contributed by atoms with Gasteiger partial charge in [0.1, 0.15) is 16.7 Å². The summed E-state index contributed by atoms with van der Waals surface area (Å²) >= 11 is 5.92. The predicted molar refractivity (Wildman–Crippen MR) is 64.3 cm³/mol. The second-order valence-corrected chi connectivity index (χ2v) is 4.34. The molecule has 0 aliphatic carbocycles. The van der Waals surface area contributed by atoms with E-state index in [1.807, 2.05) is 13.8 Å². The zero-order valence-electron chi connectivity index (χ0n) is 9.48. The minimum absolute atomic E-state index is 0.245. The first-order valence-corrected chi connectivity index (χ1v) is 5.60. The van der Waals surface area contributed by atoms with Crippen LogP contribution in [0.15, 0.2) is 24.4 Å². The molecule has 0 radical (unpaired) electrons. The summed E-state index contributed by atoms with van der Waals surface area (Å²) in [6.45, 7) is 4.03.